The molecular weight excluding hydrogens is 219 g/mol. The van der Waals surface area contributed by atoms with Crippen LogP contribution in [0.3, 0.4) is 0 Å². The average Bonchev–Trinajstić information content (AvgIpc) is 2.09. The van der Waals surface area contributed by atoms with Crippen molar-refractivity contribution in [3.8, 4) is 0 Å². The zero-order chi connectivity index (χ0) is 10.0. The second-order valence-corrected chi connectivity index (χ2v) is 6.33. The Morgan fingerprint density at radius 1 is 1.23 bits per heavy atom. The maximum atomic E-state index is 6.12. The van der Waals surface area contributed by atoms with Crippen LogP contribution in [0.15, 0.2) is 18.7 Å². The maximum Gasteiger partial charge on any atom is 0.0812 e. The normalized spacial score (nSPS) is 10.5. The van der Waals surface area contributed by atoms with E-state index in [2.05, 4.69) is 19.7 Å². The first-order valence-electron chi connectivity index (χ1n) is 3.99. The Bertz CT molecular complexity index is 332. The molecule has 0 atom stereocenters. The van der Waals surface area contributed by atoms with E-state index in [0.717, 1.165) is 5.56 Å². The summed E-state index contributed by atoms with van der Waals surface area (Å²) in [7, 11) is -0.540. The lowest BCUT2D eigenvalue weighted by Crippen LogP contribution is -2.23. The van der Waals surface area contributed by atoms with Crippen LogP contribution < -0.4 is 5.19 Å². The molecule has 0 saturated carbocycles. The second-order valence-electron chi connectivity index (χ2n) is 3.03. The van der Waals surface area contributed by atoms with Crippen LogP contribution in [0.5, 0.6) is 0 Å². The van der Waals surface area contributed by atoms with Crippen molar-refractivity contribution in [3.63, 3.8) is 0 Å². The van der Waals surface area contributed by atoms with Gasteiger partial charge in [-0.3, -0.25) is 0 Å². The van der Waals surface area contributed by atoms with Crippen LogP contribution in [-0.2, 0) is 0 Å². The molecule has 0 aliphatic rings. The Balaban J connectivity index is 3.31. The highest BCUT2D eigenvalue weighted by Crippen LogP contribution is 2.25. The van der Waals surface area contributed by atoms with Gasteiger partial charge in [0, 0.05) is 0 Å². The van der Waals surface area contributed by atoms with Gasteiger partial charge in [-0.25, -0.2) is 0 Å². The van der Waals surface area contributed by atoms with E-state index in [4.69, 9.17) is 23.2 Å². The van der Waals surface area contributed by atoms with Gasteiger partial charge in [-0.1, -0.05) is 61.1 Å². The predicted octanol–water partition coefficient (Wildman–Crippen LogP) is 3.60. The minimum absolute atomic E-state index is 0.540. The van der Waals surface area contributed by atoms with Crippen LogP contribution >= 0.6 is 23.2 Å². The molecular formula is C10H11Cl2Si. The van der Waals surface area contributed by atoms with E-state index >= 15 is 0 Å². The van der Waals surface area contributed by atoms with Crippen LogP contribution in [-0.4, -0.2) is 8.80 Å². The second kappa shape index (κ2) is 4.31. The number of rotatable bonds is 2. The molecule has 1 radical (unpaired) electrons. The standard InChI is InChI=1S/C10H11Cl2Si/c1-4-7-5-6-8(13(2)3)10(12)9(7)11/h4-6H,1H2,2-3H3. The zero-order valence-electron chi connectivity index (χ0n) is 7.70. The molecule has 0 aliphatic heterocycles. The third-order valence-corrected chi connectivity index (χ3v) is 4.42. The fourth-order valence-electron chi connectivity index (χ4n) is 1.11. The predicted molar refractivity (Wildman–Crippen MR) is 63.7 cm³/mol. The number of benzene rings is 1. The first kappa shape index (κ1) is 10.8. The third kappa shape index (κ3) is 2.16. The van der Waals surface area contributed by atoms with Crippen molar-refractivity contribution in [1.82, 2.24) is 0 Å². The molecule has 0 amide bonds. The van der Waals surface area contributed by atoms with E-state index in [0.29, 0.717) is 10.0 Å². The summed E-state index contributed by atoms with van der Waals surface area (Å²) in [6.07, 6.45) is 1.72. The molecule has 0 spiro atoms. The van der Waals surface area contributed by atoms with E-state index < -0.39 is 8.80 Å². The summed E-state index contributed by atoms with van der Waals surface area (Å²) in [5.41, 5.74) is 0.902. The largest absolute Gasteiger partial charge is 0.0984 e. The molecule has 0 fully saturated rings. The smallest absolute Gasteiger partial charge is 0.0812 e. The SMILES string of the molecule is C=Cc1ccc([Si](C)C)c(Cl)c1Cl. The molecule has 0 bridgehead atoms. The molecule has 0 aliphatic carbocycles. The molecule has 0 unspecified atom stereocenters. The van der Waals surface area contributed by atoms with Crippen molar-refractivity contribution in [1.29, 1.82) is 0 Å². The van der Waals surface area contributed by atoms with E-state index in [1.807, 2.05) is 12.1 Å². The Hall–Kier alpha value is -0.243. The lowest BCUT2D eigenvalue weighted by Gasteiger charge is -2.09. The minimum Gasteiger partial charge on any atom is -0.0984 e. The Morgan fingerprint density at radius 3 is 2.31 bits per heavy atom. The summed E-state index contributed by atoms with van der Waals surface area (Å²) in [5.74, 6) is 0. The first-order chi connectivity index (χ1) is 6.07. The van der Waals surface area contributed by atoms with Gasteiger partial charge in [0.05, 0.1) is 18.8 Å². The van der Waals surface area contributed by atoms with Gasteiger partial charge in [-0.2, -0.15) is 0 Å². The van der Waals surface area contributed by atoms with E-state index in [1.54, 1.807) is 6.08 Å². The summed E-state index contributed by atoms with van der Waals surface area (Å²) in [4.78, 5) is 0. The van der Waals surface area contributed by atoms with Gasteiger partial charge in [-0.05, 0) is 10.8 Å². The van der Waals surface area contributed by atoms with E-state index in [-0.39, 0.29) is 0 Å². The topological polar surface area (TPSA) is 0 Å². The Kier molecular flexibility index (Phi) is 3.60. The summed E-state index contributed by atoms with van der Waals surface area (Å²) in [6, 6.07) is 4.01. The number of hydrogen-bond donors (Lipinski definition) is 0. The Labute approximate surface area is 90.8 Å². The molecule has 1 aromatic carbocycles. The highest BCUT2D eigenvalue weighted by Gasteiger charge is 2.11. The maximum absolute atomic E-state index is 6.12. The molecule has 3 heteroatoms. The number of hydrogen-bond acceptors (Lipinski definition) is 0. The fourth-order valence-corrected chi connectivity index (χ4v) is 3.15. The summed E-state index contributed by atoms with van der Waals surface area (Å²) < 4.78 is 0. The quantitative estimate of drug-likeness (QED) is 0.681. The molecule has 0 aromatic heterocycles. The van der Waals surface area contributed by atoms with Gasteiger partial charge < -0.3 is 0 Å². The van der Waals surface area contributed by atoms with Crippen molar-refractivity contribution >= 4 is 43.3 Å². The van der Waals surface area contributed by atoms with Crippen LogP contribution in [0, 0.1) is 0 Å². The van der Waals surface area contributed by atoms with Crippen LogP contribution in [0.2, 0.25) is 23.1 Å². The molecule has 0 saturated heterocycles. The molecule has 1 rings (SSSR count). The van der Waals surface area contributed by atoms with Crippen molar-refractivity contribution in [3.05, 3.63) is 34.3 Å². The van der Waals surface area contributed by atoms with Crippen LogP contribution in [0.1, 0.15) is 5.56 Å². The minimum atomic E-state index is -0.540. The summed E-state index contributed by atoms with van der Waals surface area (Å²) in [6.45, 7) is 8.05. The van der Waals surface area contributed by atoms with Crippen molar-refractivity contribution in [2.75, 3.05) is 0 Å². The molecule has 0 nitrogen and oxygen atoms in total. The van der Waals surface area contributed by atoms with Gasteiger partial charge >= 0.3 is 0 Å². The average molecular weight is 230 g/mol. The highest BCUT2D eigenvalue weighted by molar-refractivity contribution is 6.74. The molecule has 13 heavy (non-hydrogen) atoms. The van der Waals surface area contributed by atoms with E-state index in [1.165, 1.54) is 5.19 Å². The van der Waals surface area contributed by atoms with Crippen LogP contribution in [0.4, 0.5) is 0 Å². The van der Waals surface area contributed by atoms with E-state index in [9.17, 15) is 0 Å². The summed E-state index contributed by atoms with van der Waals surface area (Å²) >= 11 is 12.2. The fraction of sp³-hybridized carbons (Fsp3) is 0.200. The number of halogens is 2. The zero-order valence-corrected chi connectivity index (χ0v) is 10.2. The highest BCUT2D eigenvalue weighted by atomic mass is 35.5. The Morgan fingerprint density at radius 2 is 1.85 bits per heavy atom. The monoisotopic (exact) mass is 229 g/mol. The molecule has 1 aromatic rings. The van der Waals surface area contributed by atoms with Crippen LogP contribution in [0.25, 0.3) is 6.08 Å². The van der Waals surface area contributed by atoms with Crippen molar-refractivity contribution in [2.45, 2.75) is 13.1 Å². The van der Waals surface area contributed by atoms with Crippen molar-refractivity contribution in [2.24, 2.45) is 0 Å². The van der Waals surface area contributed by atoms with Gasteiger partial charge in [0.1, 0.15) is 0 Å². The van der Waals surface area contributed by atoms with Gasteiger partial charge in [0.25, 0.3) is 0 Å². The van der Waals surface area contributed by atoms with Gasteiger partial charge in [0.15, 0.2) is 0 Å². The van der Waals surface area contributed by atoms with Crippen molar-refractivity contribution < 1.29 is 0 Å². The first-order valence-corrected chi connectivity index (χ1v) is 7.24. The molecule has 69 valence electrons. The van der Waals surface area contributed by atoms with Gasteiger partial charge in [-0.15, -0.1) is 0 Å². The lowest BCUT2D eigenvalue weighted by molar-refractivity contribution is 1.68. The van der Waals surface area contributed by atoms with Gasteiger partial charge in [0.2, 0.25) is 0 Å². The summed E-state index contributed by atoms with van der Waals surface area (Å²) in [5, 5.41) is 2.50. The molecule has 0 N–H and O–H groups in total. The lowest BCUT2D eigenvalue weighted by atomic mass is 10.2. The molecule has 0 heterocycles. The third-order valence-electron chi connectivity index (χ3n) is 1.87.